The topological polar surface area (TPSA) is 89.0 Å². The zero-order valence-corrected chi connectivity index (χ0v) is 7.65. The summed E-state index contributed by atoms with van der Waals surface area (Å²) in [6.45, 7) is 1.98. The van der Waals surface area contributed by atoms with Crippen LogP contribution in [-0.2, 0) is 4.74 Å². The van der Waals surface area contributed by atoms with Crippen LogP contribution >= 0.6 is 0 Å². The second kappa shape index (κ2) is 4.23. The Morgan fingerprint density at radius 1 is 1.71 bits per heavy atom. The van der Waals surface area contributed by atoms with E-state index in [1.54, 1.807) is 13.0 Å². The van der Waals surface area contributed by atoms with Crippen molar-refractivity contribution in [3.05, 3.63) is 23.4 Å². The highest BCUT2D eigenvalue weighted by molar-refractivity contribution is 5.90. The molecule has 14 heavy (non-hydrogen) atoms. The van der Waals surface area contributed by atoms with Crippen molar-refractivity contribution < 1.29 is 9.53 Å². The summed E-state index contributed by atoms with van der Waals surface area (Å²) in [5, 5.41) is 8.58. The van der Waals surface area contributed by atoms with E-state index in [2.05, 4.69) is 4.98 Å². The van der Waals surface area contributed by atoms with E-state index < -0.39 is 5.97 Å². The summed E-state index contributed by atoms with van der Waals surface area (Å²) in [5.74, 6) is -0.370. The maximum atomic E-state index is 11.3. The van der Waals surface area contributed by atoms with Gasteiger partial charge in [0.15, 0.2) is 0 Å². The van der Waals surface area contributed by atoms with Crippen molar-refractivity contribution >= 4 is 11.8 Å². The second-order valence-electron chi connectivity index (χ2n) is 2.50. The number of carbonyl (C=O) groups excluding carboxylic acids is 1. The molecule has 1 rings (SSSR count). The maximum absolute atomic E-state index is 11.3. The SMILES string of the molecule is CCOC(=O)c1cc(N)nc(C#N)c1. The summed E-state index contributed by atoms with van der Waals surface area (Å²) in [7, 11) is 0. The molecule has 0 unspecified atom stereocenters. The summed E-state index contributed by atoms with van der Waals surface area (Å²) >= 11 is 0. The van der Waals surface area contributed by atoms with Gasteiger partial charge in [-0.3, -0.25) is 0 Å². The quantitative estimate of drug-likeness (QED) is 0.695. The standard InChI is InChI=1S/C9H9N3O2/c1-2-14-9(13)6-3-7(5-10)12-8(11)4-6/h3-4H,2H2,1H3,(H2,11,12). The molecule has 5 nitrogen and oxygen atoms in total. The van der Waals surface area contributed by atoms with Crippen LogP contribution in [0.25, 0.3) is 0 Å². The maximum Gasteiger partial charge on any atom is 0.338 e. The number of rotatable bonds is 2. The fourth-order valence-corrected chi connectivity index (χ4v) is 0.941. The van der Waals surface area contributed by atoms with E-state index in [0.717, 1.165) is 0 Å². The van der Waals surface area contributed by atoms with Crippen molar-refractivity contribution in [3.63, 3.8) is 0 Å². The Morgan fingerprint density at radius 2 is 2.43 bits per heavy atom. The van der Waals surface area contributed by atoms with Gasteiger partial charge >= 0.3 is 5.97 Å². The third-order valence-corrected chi connectivity index (χ3v) is 1.47. The van der Waals surface area contributed by atoms with Gasteiger partial charge in [-0.05, 0) is 19.1 Å². The number of pyridine rings is 1. The second-order valence-corrected chi connectivity index (χ2v) is 2.50. The van der Waals surface area contributed by atoms with Gasteiger partial charge in [-0.1, -0.05) is 0 Å². The Morgan fingerprint density at radius 3 is 3.00 bits per heavy atom. The number of hydrogen-bond acceptors (Lipinski definition) is 5. The first-order valence-electron chi connectivity index (χ1n) is 4.02. The number of esters is 1. The Labute approximate surface area is 81.1 Å². The fraction of sp³-hybridized carbons (Fsp3) is 0.222. The van der Waals surface area contributed by atoms with E-state index in [0.29, 0.717) is 0 Å². The smallest absolute Gasteiger partial charge is 0.338 e. The third-order valence-electron chi connectivity index (χ3n) is 1.47. The summed E-state index contributed by atoms with van der Waals surface area (Å²) in [4.78, 5) is 15.0. The van der Waals surface area contributed by atoms with Gasteiger partial charge in [-0.2, -0.15) is 5.26 Å². The number of nitriles is 1. The molecule has 1 heterocycles. The zero-order chi connectivity index (χ0) is 10.6. The molecule has 0 radical (unpaired) electrons. The Kier molecular flexibility index (Phi) is 3.02. The van der Waals surface area contributed by atoms with Crippen LogP contribution in [-0.4, -0.2) is 17.6 Å². The third kappa shape index (κ3) is 2.20. The van der Waals surface area contributed by atoms with Crippen LogP contribution in [0.1, 0.15) is 23.0 Å². The Balaban J connectivity index is 3.04. The van der Waals surface area contributed by atoms with Gasteiger partial charge in [0.05, 0.1) is 12.2 Å². The van der Waals surface area contributed by atoms with Crippen LogP contribution in [0.2, 0.25) is 0 Å². The molecular weight excluding hydrogens is 182 g/mol. The lowest BCUT2D eigenvalue weighted by Crippen LogP contribution is -2.06. The average Bonchev–Trinajstić information content (AvgIpc) is 2.17. The number of carbonyl (C=O) groups is 1. The van der Waals surface area contributed by atoms with E-state index in [1.807, 2.05) is 0 Å². The first-order chi connectivity index (χ1) is 6.67. The number of anilines is 1. The molecule has 0 atom stereocenters. The molecule has 0 aliphatic heterocycles. The minimum atomic E-state index is -0.502. The van der Waals surface area contributed by atoms with E-state index in [9.17, 15) is 4.79 Å². The monoisotopic (exact) mass is 191 g/mol. The van der Waals surface area contributed by atoms with Crippen molar-refractivity contribution in [2.75, 3.05) is 12.3 Å². The van der Waals surface area contributed by atoms with Gasteiger partial charge in [-0.25, -0.2) is 9.78 Å². The molecule has 0 aliphatic carbocycles. The number of nitrogen functional groups attached to an aromatic ring is 1. The number of nitrogens with two attached hydrogens (primary N) is 1. The first kappa shape index (κ1) is 9.99. The lowest BCUT2D eigenvalue weighted by Gasteiger charge is -2.02. The van der Waals surface area contributed by atoms with Crippen molar-refractivity contribution in [1.82, 2.24) is 4.98 Å². The van der Waals surface area contributed by atoms with Crippen LogP contribution in [0.3, 0.4) is 0 Å². The molecule has 1 aromatic heterocycles. The van der Waals surface area contributed by atoms with Gasteiger partial charge in [0, 0.05) is 0 Å². The normalized spacial score (nSPS) is 9.14. The number of nitrogens with zero attached hydrogens (tertiary/aromatic N) is 2. The van der Waals surface area contributed by atoms with E-state index >= 15 is 0 Å². The molecule has 0 amide bonds. The van der Waals surface area contributed by atoms with Crippen LogP contribution in [0.4, 0.5) is 5.82 Å². The molecule has 0 bridgehead atoms. The van der Waals surface area contributed by atoms with Crippen LogP contribution in [0.5, 0.6) is 0 Å². The minimum Gasteiger partial charge on any atom is -0.462 e. The first-order valence-corrected chi connectivity index (χ1v) is 4.02. The summed E-state index contributed by atoms with van der Waals surface area (Å²) < 4.78 is 4.75. The van der Waals surface area contributed by atoms with Crippen molar-refractivity contribution in [1.29, 1.82) is 5.26 Å². The molecular formula is C9H9N3O2. The van der Waals surface area contributed by atoms with Crippen molar-refractivity contribution in [3.8, 4) is 6.07 Å². The summed E-state index contributed by atoms with van der Waals surface area (Å²) in [6, 6.07) is 4.52. The highest BCUT2D eigenvalue weighted by atomic mass is 16.5. The van der Waals surface area contributed by atoms with Crippen LogP contribution in [0, 0.1) is 11.3 Å². The molecule has 0 saturated carbocycles. The predicted molar refractivity (Wildman–Crippen MR) is 49.3 cm³/mol. The van der Waals surface area contributed by atoms with Crippen LogP contribution in [0.15, 0.2) is 12.1 Å². The minimum absolute atomic E-state index is 0.105. The molecule has 2 N–H and O–H groups in total. The van der Waals surface area contributed by atoms with Gasteiger partial charge < -0.3 is 10.5 Å². The molecule has 0 aliphatic rings. The van der Waals surface area contributed by atoms with E-state index in [-0.39, 0.29) is 23.7 Å². The number of ether oxygens (including phenoxy) is 1. The number of hydrogen-bond donors (Lipinski definition) is 1. The molecule has 0 saturated heterocycles. The lowest BCUT2D eigenvalue weighted by molar-refractivity contribution is 0.0526. The lowest BCUT2D eigenvalue weighted by atomic mass is 10.2. The predicted octanol–water partition coefficient (Wildman–Crippen LogP) is 0.712. The van der Waals surface area contributed by atoms with Gasteiger partial charge in [0.1, 0.15) is 17.6 Å². The summed E-state index contributed by atoms with van der Waals surface area (Å²) in [5.41, 5.74) is 5.75. The van der Waals surface area contributed by atoms with Crippen LogP contribution < -0.4 is 5.73 Å². The van der Waals surface area contributed by atoms with Crippen molar-refractivity contribution in [2.45, 2.75) is 6.92 Å². The molecule has 0 fully saturated rings. The zero-order valence-electron chi connectivity index (χ0n) is 7.65. The van der Waals surface area contributed by atoms with E-state index in [1.165, 1.54) is 12.1 Å². The fourth-order valence-electron chi connectivity index (χ4n) is 0.941. The van der Waals surface area contributed by atoms with Gasteiger partial charge in [0.25, 0.3) is 0 Å². The molecule has 0 aromatic carbocycles. The molecule has 5 heteroatoms. The highest BCUT2D eigenvalue weighted by Gasteiger charge is 2.09. The molecule has 1 aromatic rings. The summed E-state index contributed by atoms with van der Waals surface area (Å²) in [6.07, 6.45) is 0. The van der Waals surface area contributed by atoms with Gasteiger partial charge in [0.2, 0.25) is 0 Å². The van der Waals surface area contributed by atoms with Gasteiger partial charge in [-0.15, -0.1) is 0 Å². The molecule has 0 spiro atoms. The van der Waals surface area contributed by atoms with Crippen molar-refractivity contribution in [2.24, 2.45) is 0 Å². The van der Waals surface area contributed by atoms with E-state index in [4.69, 9.17) is 15.7 Å². The Bertz CT molecular complexity index is 396. The highest BCUT2D eigenvalue weighted by Crippen LogP contribution is 2.08. The number of aromatic nitrogens is 1. The molecule has 72 valence electrons. The Hall–Kier alpha value is -2.09. The largest absolute Gasteiger partial charge is 0.462 e. The average molecular weight is 191 g/mol.